The van der Waals surface area contributed by atoms with Gasteiger partial charge in [-0.1, -0.05) is 6.58 Å². The van der Waals surface area contributed by atoms with Crippen LogP contribution >= 0.6 is 0 Å². The molecular formula is C14H14FNO3. The average Bonchev–Trinajstić information content (AvgIpc) is 2.84. The summed E-state index contributed by atoms with van der Waals surface area (Å²) < 4.78 is 23.7. The Hall–Kier alpha value is -2.30. The van der Waals surface area contributed by atoms with Gasteiger partial charge in [-0.3, -0.25) is 0 Å². The molecule has 1 heterocycles. The summed E-state index contributed by atoms with van der Waals surface area (Å²) in [6.45, 7) is 6.09. The van der Waals surface area contributed by atoms with Gasteiger partial charge in [-0.25, -0.2) is 9.18 Å². The van der Waals surface area contributed by atoms with Crippen molar-refractivity contribution in [3.63, 3.8) is 0 Å². The SMILES string of the molecule is C=C(OCC)c1ccc(F)c2[nH]c(C(=O)OC)cc12. The number of benzene rings is 1. The summed E-state index contributed by atoms with van der Waals surface area (Å²) in [6.07, 6.45) is 0. The number of aromatic amines is 1. The molecule has 2 aromatic rings. The number of hydrogen-bond donors (Lipinski definition) is 1. The smallest absolute Gasteiger partial charge is 0.354 e. The molecule has 1 N–H and O–H groups in total. The number of H-pyrrole nitrogens is 1. The van der Waals surface area contributed by atoms with E-state index in [0.717, 1.165) is 0 Å². The molecule has 0 saturated carbocycles. The lowest BCUT2D eigenvalue weighted by Crippen LogP contribution is -2.00. The van der Waals surface area contributed by atoms with Crippen LogP contribution in [0.5, 0.6) is 0 Å². The first-order valence-corrected chi connectivity index (χ1v) is 5.80. The summed E-state index contributed by atoms with van der Waals surface area (Å²) in [6, 6.07) is 4.41. The summed E-state index contributed by atoms with van der Waals surface area (Å²) in [5.74, 6) is -0.565. The molecule has 0 aliphatic carbocycles. The number of nitrogens with one attached hydrogen (secondary N) is 1. The maximum Gasteiger partial charge on any atom is 0.354 e. The summed E-state index contributed by atoms with van der Waals surface area (Å²) in [5.41, 5.74) is 1.07. The van der Waals surface area contributed by atoms with Crippen molar-refractivity contribution in [2.45, 2.75) is 6.92 Å². The second-order valence-corrected chi connectivity index (χ2v) is 3.91. The maximum absolute atomic E-state index is 13.7. The molecule has 0 atom stereocenters. The van der Waals surface area contributed by atoms with Crippen LogP contribution in [0.4, 0.5) is 4.39 Å². The number of fused-ring (bicyclic) bond motifs is 1. The first-order valence-electron chi connectivity index (χ1n) is 5.80. The van der Waals surface area contributed by atoms with E-state index in [9.17, 15) is 9.18 Å². The monoisotopic (exact) mass is 263 g/mol. The Morgan fingerprint density at radius 1 is 1.47 bits per heavy atom. The molecule has 0 unspecified atom stereocenters. The number of ether oxygens (including phenoxy) is 2. The fourth-order valence-electron chi connectivity index (χ4n) is 1.90. The van der Waals surface area contributed by atoms with Gasteiger partial charge < -0.3 is 14.5 Å². The average molecular weight is 263 g/mol. The number of carbonyl (C=O) groups is 1. The zero-order chi connectivity index (χ0) is 14.0. The van der Waals surface area contributed by atoms with Gasteiger partial charge in [-0.15, -0.1) is 0 Å². The third kappa shape index (κ3) is 2.31. The highest BCUT2D eigenvalue weighted by Gasteiger charge is 2.16. The first-order chi connectivity index (χ1) is 9.08. The fraction of sp³-hybridized carbons (Fsp3) is 0.214. The highest BCUT2D eigenvalue weighted by Crippen LogP contribution is 2.28. The Morgan fingerprint density at radius 3 is 2.84 bits per heavy atom. The molecule has 0 spiro atoms. The van der Waals surface area contributed by atoms with Gasteiger partial charge in [-0.05, 0) is 25.1 Å². The van der Waals surface area contributed by atoms with Crippen molar-refractivity contribution >= 4 is 22.6 Å². The Labute approximate surface area is 109 Å². The minimum atomic E-state index is -0.552. The van der Waals surface area contributed by atoms with Gasteiger partial charge in [0.1, 0.15) is 17.3 Å². The van der Waals surface area contributed by atoms with Crippen molar-refractivity contribution in [2.75, 3.05) is 13.7 Å². The van der Waals surface area contributed by atoms with Crippen LogP contribution in [0.2, 0.25) is 0 Å². The molecule has 0 saturated heterocycles. The summed E-state index contributed by atoms with van der Waals surface area (Å²) in [5, 5.41) is 0.541. The molecule has 5 heteroatoms. The lowest BCUT2D eigenvalue weighted by atomic mass is 10.1. The Morgan fingerprint density at radius 2 is 2.21 bits per heavy atom. The molecule has 0 aliphatic heterocycles. The van der Waals surface area contributed by atoms with E-state index in [2.05, 4.69) is 16.3 Å². The van der Waals surface area contributed by atoms with E-state index in [1.807, 2.05) is 6.92 Å². The van der Waals surface area contributed by atoms with Gasteiger partial charge in [0.05, 0.1) is 19.2 Å². The van der Waals surface area contributed by atoms with Crippen LogP contribution in [0.25, 0.3) is 16.7 Å². The second-order valence-electron chi connectivity index (χ2n) is 3.91. The van der Waals surface area contributed by atoms with E-state index in [1.54, 1.807) is 6.07 Å². The van der Waals surface area contributed by atoms with E-state index >= 15 is 0 Å². The van der Waals surface area contributed by atoms with E-state index in [-0.39, 0.29) is 11.2 Å². The van der Waals surface area contributed by atoms with E-state index < -0.39 is 11.8 Å². The van der Waals surface area contributed by atoms with E-state index in [0.29, 0.717) is 23.3 Å². The highest BCUT2D eigenvalue weighted by atomic mass is 19.1. The summed E-state index contributed by atoms with van der Waals surface area (Å²) in [4.78, 5) is 14.2. The number of halogens is 1. The lowest BCUT2D eigenvalue weighted by Gasteiger charge is -2.08. The first kappa shape index (κ1) is 13.1. The largest absolute Gasteiger partial charge is 0.494 e. The molecule has 1 aromatic carbocycles. The Bertz CT molecular complexity index is 645. The predicted molar refractivity (Wildman–Crippen MR) is 70.3 cm³/mol. The molecule has 0 amide bonds. The molecular weight excluding hydrogens is 249 g/mol. The van der Waals surface area contributed by atoms with Crippen molar-refractivity contribution in [2.24, 2.45) is 0 Å². The Kier molecular flexibility index (Phi) is 3.55. The molecule has 100 valence electrons. The standard InChI is InChI=1S/C14H14FNO3/c1-4-19-8(2)9-5-6-11(15)13-10(9)7-12(16-13)14(17)18-3/h5-7,16H,2,4H2,1,3H3. The van der Waals surface area contributed by atoms with Gasteiger partial charge in [0, 0.05) is 10.9 Å². The minimum absolute atomic E-state index is 0.188. The third-order valence-corrected chi connectivity index (χ3v) is 2.77. The number of carbonyl (C=O) groups excluding carboxylic acids is 1. The molecule has 19 heavy (non-hydrogen) atoms. The summed E-state index contributed by atoms with van der Waals surface area (Å²) >= 11 is 0. The summed E-state index contributed by atoms with van der Waals surface area (Å²) in [7, 11) is 1.27. The van der Waals surface area contributed by atoms with Crippen LogP contribution in [0.15, 0.2) is 24.8 Å². The molecule has 1 aromatic heterocycles. The van der Waals surface area contributed by atoms with Crippen LogP contribution in [-0.2, 0) is 9.47 Å². The van der Waals surface area contributed by atoms with E-state index in [1.165, 1.54) is 19.2 Å². The third-order valence-electron chi connectivity index (χ3n) is 2.77. The quantitative estimate of drug-likeness (QED) is 0.681. The van der Waals surface area contributed by atoms with Crippen LogP contribution in [0, 0.1) is 5.82 Å². The Balaban J connectivity index is 2.61. The van der Waals surface area contributed by atoms with Crippen LogP contribution in [0.1, 0.15) is 23.0 Å². The topological polar surface area (TPSA) is 51.3 Å². The van der Waals surface area contributed by atoms with Crippen molar-refractivity contribution in [3.8, 4) is 0 Å². The number of aromatic nitrogens is 1. The van der Waals surface area contributed by atoms with Crippen molar-refractivity contribution in [1.82, 2.24) is 4.98 Å². The molecule has 0 aliphatic rings. The zero-order valence-electron chi connectivity index (χ0n) is 10.7. The molecule has 0 bridgehead atoms. The highest BCUT2D eigenvalue weighted by molar-refractivity contribution is 5.98. The zero-order valence-corrected chi connectivity index (χ0v) is 10.7. The number of hydrogen-bond acceptors (Lipinski definition) is 3. The van der Waals surface area contributed by atoms with Gasteiger partial charge >= 0.3 is 5.97 Å². The van der Waals surface area contributed by atoms with Gasteiger partial charge in [0.15, 0.2) is 0 Å². The molecule has 0 radical (unpaired) electrons. The maximum atomic E-state index is 13.7. The van der Waals surface area contributed by atoms with E-state index in [4.69, 9.17) is 4.74 Å². The van der Waals surface area contributed by atoms with Gasteiger partial charge in [0.2, 0.25) is 0 Å². The van der Waals surface area contributed by atoms with Crippen LogP contribution in [-0.4, -0.2) is 24.7 Å². The van der Waals surface area contributed by atoms with Gasteiger partial charge in [0.25, 0.3) is 0 Å². The molecule has 4 nitrogen and oxygen atoms in total. The predicted octanol–water partition coefficient (Wildman–Crippen LogP) is 3.10. The normalized spacial score (nSPS) is 10.5. The van der Waals surface area contributed by atoms with Crippen LogP contribution < -0.4 is 0 Å². The number of esters is 1. The molecule has 2 rings (SSSR count). The molecule has 0 fully saturated rings. The second kappa shape index (κ2) is 5.14. The minimum Gasteiger partial charge on any atom is -0.494 e. The van der Waals surface area contributed by atoms with Crippen molar-refractivity contribution in [3.05, 3.63) is 41.9 Å². The van der Waals surface area contributed by atoms with Crippen LogP contribution in [0.3, 0.4) is 0 Å². The lowest BCUT2D eigenvalue weighted by molar-refractivity contribution is 0.0595. The fourth-order valence-corrected chi connectivity index (χ4v) is 1.90. The number of methoxy groups -OCH3 is 1. The van der Waals surface area contributed by atoms with Crippen molar-refractivity contribution < 1.29 is 18.7 Å². The van der Waals surface area contributed by atoms with Gasteiger partial charge in [-0.2, -0.15) is 0 Å². The van der Waals surface area contributed by atoms with Crippen molar-refractivity contribution in [1.29, 1.82) is 0 Å². The number of rotatable bonds is 4.